The van der Waals surface area contributed by atoms with Crippen molar-refractivity contribution in [3.8, 4) is 0 Å². The molecule has 8 heteroatoms. The molecule has 7 nitrogen and oxygen atoms in total. The second kappa shape index (κ2) is 7.01. The molecule has 3 N–H and O–H groups in total. The molecule has 0 aliphatic heterocycles. The Hall–Kier alpha value is -2.74. The fraction of sp³-hybridized carbons (Fsp3) is 0.200. The number of aryl methyl sites for hydroxylation is 2. The molecule has 0 aliphatic rings. The molecule has 0 aliphatic carbocycles. The predicted octanol–water partition coefficient (Wildman–Crippen LogP) is 2.63. The summed E-state index contributed by atoms with van der Waals surface area (Å²) in [4.78, 5) is 34.4. The number of nitrogens with two attached hydrogens (primary N) is 1. The minimum absolute atomic E-state index is 0.00666. The van der Waals surface area contributed by atoms with Crippen molar-refractivity contribution >= 4 is 33.8 Å². The van der Waals surface area contributed by atoms with Gasteiger partial charge < -0.3 is 11.1 Å². The summed E-state index contributed by atoms with van der Waals surface area (Å²) >= 11 is 1.28. The van der Waals surface area contributed by atoms with Gasteiger partial charge in [-0.15, -0.1) is 11.3 Å². The lowest BCUT2D eigenvalue weighted by Gasteiger charge is -2.05. The van der Waals surface area contributed by atoms with E-state index in [0.717, 1.165) is 4.88 Å². The number of nitro benzene ring substituents is 1. The molecule has 0 spiro atoms. The van der Waals surface area contributed by atoms with E-state index in [0.29, 0.717) is 17.0 Å². The Morgan fingerprint density at radius 3 is 2.74 bits per heavy atom. The molecule has 1 heterocycles. The molecular weight excluding hydrogens is 318 g/mol. The normalized spacial score (nSPS) is 10.3. The lowest BCUT2D eigenvalue weighted by molar-refractivity contribution is -0.384. The predicted molar refractivity (Wildman–Crippen MR) is 87.6 cm³/mol. The number of rotatable bonds is 6. The van der Waals surface area contributed by atoms with Gasteiger partial charge in [-0.2, -0.15) is 0 Å². The van der Waals surface area contributed by atoms with Crippen LogP contribution in [-0.4, -0.2) is 16.7 Å². The molecule has 0 radical (unpaired) electrons. The molecule has 2 amide bonds. The number of anilines is 1. The van der Waals surface area contributed by atoms with Crippen LogP contribution in [0, 0.1) is 17.0 Å². The summed E-state index contributed by atoms with van der Waals surface area (Å²) in [7, 11) is 0. The van der Waals surface area contributed by atoms with Crippen LogP contribution in [0.15, 0.2) is 30.3 Å². The molecule has 23 heavy (non-hydrogen) atoms. The van der Waals surface area contributed by atoms with Crippen LogP contribution in [0.1, 0.15) is 27.2 Å². The third-order valence-corrected chi connectivity index (χ3v) is 4.10. The zero-order chi connectivity index (χ0) is 17.0. The SMILES string of the molecule is Cc1cc(C(N)=O)c(NC(=O)CCc2cccc([N+](=O)[O-])c2)s1. The summed E-state index contributed by atoms with van der Waals surface area (Å²) < 4.78 is 0. The lowest BCUT2D eigenvalue weighted by atomic mass is 10.1. The summed E-state index contributed by atoms with van der Waals surface area (Å²) in [5, 5.41) is 13.8. The molecular formula is C15H15N3O4S. The van der Waals surface area contributed by atoms with Crippen molar-refractivity contribution in [2.24, 2.45) is 5.73 Å². The average molecular weight is 333 g/mol. The van der Waals surface area contributed by atoms with E-state index in [1.807, 2.05) is 6.92 Å². The topological polar surface area (TPSA) is 115 Å². The van der Waals surface area contributed by atoms with E-state index >= 15 is 0 Å². The fourth-order valence-corrected chi connectivity index (χ4v) is 3.00. The van der Waals surface area contributed by atoms with Crippen LogP contribution in [0.25, 0.3) is 0 Å². The summed E-state index contributed by atoms with van der Waals surface area (Å²) in [6.45, 7) is 1.82. The standard InChI is InChI=1S/C15H15N3O4S/c1-9-7-12(14(16)20)15(23-9)17-13(19)6-5-10-3-2-4-11(8-10)18(21)22/h2-4,7-8H,5-6H2,1H3,(H2,16,20)(H,17,19). The summed E-state index contributed by atoms with van der Waals surface area (Å²) in [5.74, 6) is -0.871. The Labute approximate surface area is 136 Å². The van der Waals surface area contributed by atoms with Crippen LogP contribution in [0.2, 0.25) is 0 Å². The number of nitrogens with one attached hydrogen (secondary N) is 1. The van der Waals surface area contributed by atoms with Gasteiger partial charge in [0.15, 0.2) is 0 Å². The number of benzene rings is 1. The van der Waals surface area contributed by atoms with Crippen LogP contribution in [0.5, 0.6) is 0 Å². The van der Waals surface area contributed by atoms with Gasteiger partial charge in [0, 0.05) is 23.4 Å². The number of carbonyl (C=O) groups excluding carboxylic acids is 2. The molecule has 0 unspecified atom stereocenters. The first-order chi connectivity index (χ1) is 10.9. The van der Waals surface area contributed by atoms with Gasteiger partial charge in [0.2, 0.25) is 5.91 Å². The van der Waals surface area contributed by atoms with E-state index in [4.69, 9.17) is 5.73 Å². The highest BCUT2D eigenvalue weighted by Gasteiger charge is 2.15. The first-order valence-electron chi connectivity index (χ1n) is 6.80. The van der Waals surface area contributed by atoms with Gasteiger partial charge in [-0.25, -0.2) is 0 Å². The van der Waals surface area contributed by atoms with E-state index in [1.54, 1.807) is 18.2 Å². The zero-order valence-electron chi connectivity index (χ0n) is 12.4. The number of nitrogens with zero attached hydrogens (tertiary/aromatic N) is 1. The average Bonchev–Trinajstić information content (AvgIpc) is 2.86. The minimum Gasteiger partial charge on any atom is -0.366 e. The number of thiophene rings is 1. The van der Waals surface area contributed by atoms with Crippen molar-refractivity contribution in [1.29, 1.82) is 0 Å². The van der Waals surface area contributed by atoms with Crippen molar-refractivity contribution in [3.05, 3.63) is 56.5 Å². The third kappa shape index (κ3) is 4.36. The molecule has 120 valence electrons. The Morgan fingerprint density at radius 1 is 1.35 bits per heavy atom. The minimum atomic E-state index is -0.594. The molecule has 2 aromatic rings. The summed E-state index contributed by atoms with van der Waals surface area (Å²) in [6, 6.07) is 7.78. The monoisotopic (exact) mass is 333 g/mol. The Kier molecular flexibility index (Phi) is 5.07. The van der Waals surface area contributed by atoms with Crippen LogP contribution in [0.3, 0.4) is 0 Å². The largest absolute Gasteiger partial charge is 0.366 e. The molecule has 2 rings (SSSR count). The van der Waals surface area contributed by atoms with Crippen LogP contribution >= 0.6 is 11.3 Å². The van der Waals surface area contributed by atoms with E-state index in [9.17, 15) is 19.7 Å². The molecule has 1 aromatic carbocycles. The van der Waals surface area contributed by atoms with Gasteiger partial charge in [-0.3, -0.25) is 19.7 Å². The van der Waals surface area contributed by atoms with Crippen molar-refractivity contribution in [1.82, 2.24) is 0 Å². The van der Waals surface area contributed by atoms with Gasteiger partial charge in [0.1, 0.15) is 5.00 Å². The fourth-order valence-electron chi connectivity index (χ4n) is 2.06. The van der Waals surface area contributed by atoms with Gasteiger partial charge in [-0.1, -0.05) is 12.1 Å². The molecule has 0 saturated carbocycles. The van der Waals surface area contributed by atoms with Crippen molar-refractivity contribution < 1.29 is 14.5 Å². The van der Waals surface area contributed by atoms with Crippen molar-refractivity contribution in [2.75, 3.05) is 5.32 Å². The second-order valence-corrected chi connectivity index (χ2v) is 6.20. The quantitative estimate of drug-likeness (QED) is 0.624. The molecule has 0 fully saturated rings. The number of non-ortho nitro benzene ring substituents is 1. The molecule has 1 aromatic heterocycles. The molecule has 0 atom stereocenters. The van der Waals surface area contributed by atoms with Crippen LogP contribution < -0.4 is 11.1 Å². The van der Waals surface area contributed by atoms with Crippen molar-refractivity contribution in [3.63, 3.8) is 0 Å². The maximum atomic E-state index is 12.0. The summed E-state index contributed by atoms with van der Waals surface area (Å²) in [5.41, 5.74) is 6.25. The zero-order valence-corrected chi connectivity index (χ0v) is 13.2. The second-order valence-electron chi connectivity index (χ2n) is 4.94. The summed E-state index contributed by atoms with van der Waals surface area (Å²) in [6.07, 6.45) is 0.514. The number of carbonyl (C=O) groups is 2. The Morgan fingerprint density at radius 2 is 2.09 bits per heavy atom. The van der Waals surface area contributed by atoms with Crippen molar-refractivity contribution in [2.45, 2.75) is 19.8 Å². The first-order valence-corrected chi connectivity index (χ1v) is 7.62. The third-order valence-electron chi connectivity index (χ3n) is 3.14. The number of amides is 2. The molecule has 0 saturated heterocycles. The van der Waals surface area contributed by atoms with E-state index < -0.39 is 10.8 Å². The smallest absolute Gasteiger partial charge is 0.269 e. The van der Waals surface area contributed by atoms with Gasteiger partial charge in [0.05, 0.1) is 10.5 Å². The van der Waals surface area contributed by atoms with Crippen LogP contribution in [0.4, 0.5) is 10.7 Å². The maximum Gasteiger partial charge on any atom is 0.269 e. The van der Waals surface area contributed by atoms with E-state index in [2.05, 4.69) is 5.32 Å². The Balaban J connectivity index is 1.99. The lowest BCUT2D eigenvalue weighted by Crippen LogP contribution is -2.16. The molecule has 0 bridgehead atoms. The number of hydrogen-bond acceptors (Lipinski definition) is 5. The van der Waals surface area contributed by atoms with Crippen LogP contribution in [-0.2, 0) is 11.2 Å². The van der Waals surface area contributed by atoms with Gasteiger partial charge >= 0.3 is 0 Å². The van der Waals surface area contributed by atoms with E-state index in [1.165, 1.54) is 23.5 Å². The number of primary amides is 1. The number of hydrogen-bond donors (Lipinski definition) is 2. The number of nitro groups is 1. The highest BCUT2D eigenvalue weighted by Crippen LogP contribution is 2.27. The highest BCUT2D eigenvalue weighted by molar-refractivity contribution is 7.16. The van der Waals surface area contributed by atoms with Gasteiger partial charge in [-0.05, 0) is 25.0 Å². The van der Waals surface area contributed by atoms with E-state index in [-0.39, 0.29) is 23.6 Å². The van der Waals surface area contributed by atoms with Gasteiger partial charge in [0.25, 0.3) is 11.6 Å². The Bertz CT molecular complexity index is 770. The first kappa shape index (κ1) is 16.6. The maximum absolute atomic E-state index is 12.0. The highest BCUT2D eigenvalue weighted by atomic mass is 32.1.